The Labute approximate surface area is 124 Å². The number of tetrazole rings is 1. The van der Waals surface area contributed by atoms with Gasteiger partial charge >= 0.3 is 0 Å². The minimum Gasteiger partial charge on any atom is -0.352 e. The van der Waals surface area contributed by atoms with Crippen molar-refractivity contribution in [3.8, 4) is 11.4 Å². The standard InChI is InChI=1S/C15H21N5O/c1-3-4-11(2)9-14(21)16-10-12-5-7-13(8-6-12)15-17-19-20-18-15/h5-8,11H,3-4,9-10H2,1-2H3,(H,16,21)(H,17,18,19,20). The molecule has 0 aliphatic heterocycles. The minimum atomic E-state index is 0.109. The average Bonchev–Trinajstić information content (AvgIpc) is 3.00. The van der Waals surface area contributed by atoms with Gasteiger partial charge < -0.3 is 5.32 Å². The van der Waals surface area contributed by atoms with Gasteiger partial charge in [0, 0.05) is 18.5 Å². The highest BCUT2D eigenvalue weighted by Crippen LogP contribution is 2.14. The maximum absolute atomic E-state index is 11.8. The molecular formula is C15H21N5O. The summed E-state index contributed by atoms with van der Waals surface area (Å²) in [5.74, 6) is 1.12. The van der Waals surface area contributed by atoms with E-state index in [2.05, 4.69) is 39.8 Å². The number of hydrogen-bond acceptors (Lipinski definition) is 4. The summed E-state index contributed by atoms with van der Waals surface area (Å²) < 4.78 is 0. The van der Waals surface area contributed by atoms with Crippen molar-refractivity contribution in [2.45, 2.75) is 39.7 Å². The van der Waals surface area contributed by atoms with E-state index in [9.17, 15) is 4.79 Å². The Hall–Kier alpha value is -2.24. The van der Waals surface area contributed by atoms with Crippen molar-refractivity contribution in [3.63, 3.8) is 0 Å². The van der Waals surface area contributed by atoms with E-state index in [1.165, 1.54) is 0 Å². The second-order valence-corrected chi connectivity index (χ2v) is 5.31. The van der Waals surface area contributed by atoms with Crippen LogP contribution in [0.3, 0.4) is 0 Å². The summed E-state index contributed by atoms with van der Waals surface area (Å²) >= 11 is 0. The zero-order valence-electron chi connectivity index (χ0n) is 12.5. The molecular weight excluding hydrogens is 266 g/mol. The fraction of sp³-hybridized carbons (Fsp3) is 0.467. The van der Waals surface area contributed by atoms with Crippen molar-refractivity contribution < 1.29 is 4.79 Å². The second-order valence-electron chi connectivity index (χ2n) is 5.31. The molecule has 0 saturated carbocycles. The number of amides is 1. The quantitative estimate of drug-likeness (QED) is 0.818. The van der Waals surface area contributed by atoms with Gasteiger partial charge in [0.2, 0.25) is 11.7 Å². The fourth-order valence-corrected chi connectivity index (χ4v) is 2.24. The number of nitrogens with one attached hydrogen (secondary N) is 2. The monoisotopic (exact) mass is 287 g/mol. The highest BCUT2D eigenvalue weighted by atomic mass is 16.1. The van der Waals surface area contributed by atoms with Crippen LogP contribution < -0.4 is 5.32 Å². The third-order valence-electron chi connectivity index (χ3n) is 3.36. The van der Waals surface area contributed by atoms with Crippen molar-refractivity contribution in [3.05, 3.63) is 29.8 Å². The lowest BCUT2D eigenvalue weighted by Crippen LogP contribution is -2.24. The molecule has 1 atom stereocenters. The highest BCUT2D eigenvalue weighted by molar-refractivity contribution is 5.76. The number of hydrogen-bond donors (Lipinski definition) is 2. The van der Waals surface area contributed by atoms with Crippen LogP contribution in [0.5, 0.6) is 0 Å². The Bertz CT molecular complexity index is 550. The maximum atomic E-state index is 11.8. The fourth-order valence-electron chi connectivity index (χ4n) is 2.24. The smallest absolute Gasteiger partial charge is 0.220 e. The summed E-state index contributed by atoms with van der Waals surface area (Å²) in [6, 6.07) is 7.76. The first kappa shape index (κ1) is 15.2. The van der Waals surface area contributed by atoms with Gasteiger partial charge in [-0.25, -0.2) is 0 Å². The molecule has 0 spiro atoms. The first-order valence-corrected chi connectivity index (χ1v) is 7.28. The van der Waals surface area contributed by atoms with Gasteiger partial charge in [0.05, 0.1) is 0 Å². The van der Waals surface area contributed by atoms with Crippen molar-refractivity contribution in [2.75, 3.05) is 0 Å². The predicted molar refractivity (Wildman–Crippen MR) is 80.1 cm³/mol. The molecule has 0 saturated heterocycles. The van der Waals surface area contributed by atoms with Gasteiger partial charge in [-0.2, -0.15) is 5.21 Å². The van der Waals surface area contributed by atoms with Gasteiger partial charge in [-0.1, -0.05) is 51.0 Å². The van der Waals surface area contributed by atoms with Crippen molar-refractivity contribution >= 4 is 5.91 Å². The number of carbonyl (C=O) groups excluding carboxylic acids is 1. The Morgan fingerprint density at radius 3 is 2.71 bits per heavy atom. The number of aromatic amines is 1. The Kier molecular flexibility index (Phi) is 5.43. The maximum Gasteiger partial charge on any atom is 0.220 e. The van der Waals surface area contributed by atoms with Crippen LogP contribution in [0.25, 0.3) is 11.4 Å². The predicted octanol–water partition coefficient (Wildman–Crippen LogP) is 2.31. The largest absolute Gasteiger partial charge is 0.352 e. The molecule has 1 aromatic carbocycles. The average molecular weight is 287 g/mol. The van der Waals surface area contributed by atoms with Crippen LogP contribution >= 0.6 is 0 Å². The number of benzene rings is 1. The Morgan fingerprint density at radius 1 is 1.33 bits per heavy atom. The summed E-state index contributed by atoms with van der Waals surface area (Å²) in [7, 11) is 0. The minimum absolute atomic E-state index is 0.109. The molecule has 6 heteroatoms. The van der Waals surface area contributed by atoms with Gasteiger partial charge in [-0.05, 0) is 16.7 Å². The lowest BCUT2D eigenvalue weighted by molar-refractivity contribution is -0.122. The summed E-state index contributed by atoms with van der Waals surface area (Å²) in [6.45, 7) is 4.80. The lowest BCUT2D eigenvalue weighted by atomic mass is 10.0. The van der Waals surface area contributed by atoms with Crippen LogP contribution in [-0.4, -0.2) is 26.5 Å². The van der Waals surface area contributed by atoms with Crippen LogP contribution in [0.2, 0.25) is 0 Å². The third-order valence-corrected chi connectivity index (χ3v) is 3.36. The molecule has 112 valence electrons. The lowest BCUT2D eigenvalue weighted by Gasteiger charge is -2.10. The number of rotatable bonds is 7. The first-order valence-electron chi connectivity index (χ1n) is 7.28. The van der Waals surface area contributed by atoms with E-state index in [0.29, 0.717) is 24.7 Å². The van der Waals surface area contributed by atoms with Crippen LogP contribution in [0.1, 0.15) is 38.7 Å². The van der Waals surface area contributed by atoms with Gasteiger partial charge in [-0.3, -0.25) is 4.79 Å². The molecule has 2 N–H and O–H groups in total. The highest BCUT2D eigenvalue weighted by Gasteiger charge is 2.08. The van der Waals surface area contributed by atoms with Gasteiger partial charge in [0.25, 0.3) is 0 Å². The number of aromatic nitrogens is 4. The Balaban J connectivity index is 1.82. The van der Waals surface area contributed by atoms with Crippen LogP contribution in [0, 0.1) is 5.92 Å². The van der Waals surface area contributed by atoms with Crippen molar-refractivity contribution in [1.82, 2.24) is 25.9 Å². The summed E-state index contributed by atoms with van der Waals surface area (Å²) in [6.07, 6.45) is 2.80. The molecule has 2 aromatic rings. The SMILES string of the molecule is CCCC(C)CC(=O)NCc1ccc(-c2nn[nH]n2)cc1. The first-order chi connectivity index (χ1) is 10.2. The number of H-pyrrole nitrogens is 1. The van der Waals surface area contributed by atoms with Crippen LogP contribution in [0.15, 0.2) is 24.3 Å². The molecule has 0 bridgehead atoms. The molecule has 0 aliphatic carbocycles. The molecule has 2 rings (SSSR count). The molecule has 21 heavy (non-hydrogen) atoms. The van der Waals surface area contributed by atoms with E-state index in [1.54, 1.807) is 0 Å². The van der Waals surface area contributed by atoms with Gasteiger partial charge in [0.1, 0.15) is 0 Å². The van der Waals surface area contributed by atoms with E-state index in [-0.39, 0.29) is 5.91 Å². The molecule has 6 nitrogen and oxygen atoms in total. The van der Waals surface area contributed by atoms with Crippen LogP contribution in [0.4, 0.5) is 0 Å². The molecule has 0 aliphatic rings. The molecule has 1 aromatic heterocycles. The molecule has 1 heterocycles. The summed E-state index contributed by atoms with van der Waals surface area (Å²) in [5, 5.41) is 16.8. The topological polar surface area (TPSA) is 83.6 Å². The van der Waals surface area contributed by atoms with Gasteiger partial charge in [0.15, 0.2) is 0 Å². The van der Waals surface area contributed by atoms with Gasteiger partial charge in [-0.15, -0.1) is 10.2 Å². The molecule has 1 unspecified atom stereocenters. The van der Waals surface area contributed by atoms with Crippen LogP contribution in [-0.2, 0) is 11.3 Å². The summed E-state index contributed by atoms with van der Waals surface area (Å²) in [5.41, 5.74) is 1.95. The summed E-state index contributed by atoms with van der Waals surface area (Å²) in [4.78, 5) is 11.8. The van der Waals surface area contributed by atoms with E-state index in [0.717, 1.165) is 24.0 Å². The molecule has 0 radical (unpaired) electrons. The third kappa shape index (κ3) is 4.66. The number of nitrogens with zero attached hydrogens (tertiary/aromatic N) is 3. The van der Waals surface area contributed by atoms with E-state index >= 15 is 0 Å². The van der Waals surface area contributed by atoms with E-state index in [1.807, 2.05) is 24.3 Å². The second kappa shape index (κ2) is 7.52. The molecule has 1 amide bonds. The molecule has 0 fully saturated rings. The van der Waals surface area contributed by atoms with E-state index in [4.69, 9.17) is 0 Å². The van der Waals surface area contributed by atoms with E-state index < -0.39 is 0 Å². The zero-order valence-corrected chi connectivity index (χ0v) is 12.5. The van der Waals surface area contributed by atoms with Crippen molar-refractivity contribution in [1.29, 1.82) is 0 Å². The number of carbonyl (C=O) groups is 1. The normalized spacial score (nSPS) is 12.1. The Morgan fingerprint density at radius 2 is 2.10 bits per heavy atom. The van der Waals surface area contributed by atoms with Crippen molar-refractivity contribution in [2.24, 2.45) is 5.92 Å². The zero-order chi connectivity index (χ0) is 15.1.